The molecule has 1 amide bonds. The van der Waals surface area contributed by atoms with Crippen molar-refractivity contribution in [3.63, 3.8) is 0 Å². The van der Waals surface area contributed by atoms with Crippen LogP contribution in [0.25, 0.3) is 5.76 Å². The average molecular weight is 400 g/mol. The molecule has 2 aromatic rings. The fourth-order valence-corrected chi connectivity index (χ4v) is 3.51. The third-order valence-electron chi connectivity index (χ3n) is 4.63. The maximum atomic E-state index is 12.9. The Kier molecular flexibility index (Phi) is 5.75. The average Bonchev–Trinajstić information content (AvgIpc) is 2.92. The number of hydrogen-bond acceptors (Lipinski definition) is 4. The van der Waals surface area contributed by atoms with Gasteiger partial charge in [0.2, 0.25) is 0 Å². The number of hydrogen-bond donors (Lipinski definition) is 1. The lowest BCUT2D eigenvalue weighted by Crippen LogP contribution is -2.33. The summed E-state index contributed by atoms with van der Waals surface area (Å²) in [5.41, 5.74) is 1.20. The van der Waals surface area contributed by atoms with Gasteiger partial charge in [-0.15, -0.1) is 0 Å². The molecular formula is C22H22ClNO4. The summed E-state index contributed by atoms with van der Waals surface area (Å²) in [5.74, 6) is -0.756. The van der Waals surface area contributed by atoms with E-state index in [0.717, 1.165) is 0 Å². The number of Topliss-reactive ketones (excluding diaryl/α,β-unsaturated/α-hetero) is 1. The molecule has 6 heteroatoms. The second kappa shape index (κ2) is 8.07. The van der Waals surface area contributed by atoms with Crippen molar-refractivity contribution in [1.29, 1.82) is 0 Å². The second-order valence-electron chi connectivity index (χ2n) is 7.13. The molecule has 1 atom stereocenters. The number of aliphatic hydroxyl groups is 1. The molecule has 0 spiro atoms. The third kappa shape index (κ3) is 3.76. The van der Waals surface area contributed by atoms with E-state index in [1.807, 2.05) is 19.9 Å². The first-order valence-electron chi connectivity index (χ1n) is 9.01. The molecule has 5 nitrogen and oxygen atoms in total. The van der Waals surface area contributed by atoms with Crippen molar-refractivity contribution in [2.45, 2.75) is 19.9 Å². The Morgan fingerprint density at radius 3 is 2.46 bits per heavy atom. The number of ketones is 1. The van der Waals surface area contributed by atoms with Crippen LogP contribution in [0, 0.1) is 5.92 Å². The summed E-state index contributed by atoms with van der Waals surface area (Å²) in [6.45, 7) is 4.34. The van der Waals surface area contributed by atoms with Gasteiger partial charge in [0.25, 0.3) is 11.7 Å². The second-order valence-corrected chi connectivity index (χ2v) is 7.57. The lowest BCUT2D eigenvalue weighted by atomic mass is 9.95. The van der Waals surface area contributed by atoms with Crippen LogP contribution in [0.2, 0.25) is 5.02 Å². The van der Waals surface area contributed by atoms with Crippen molar-refractivity contribution in [2.24, 2.45) is 5.92 Å². The minimum absolute atomic E-state index is 0.0706. The summed E-state index contributed by atoms with van der Waals surface area (Å²) in [6, 6.07) is 13.0. The fraction of sp³-hybridized carbons (Fsp3) is 0.273. The van der Waals surface area contributed by atoms with Gasteiger partial charge < -0.3 is 14.7 Å². The number of amides is 1. The molecular weight excluding hydrogens is 378 g/mol. The van der Waals surface area contributed by atoms with E-state index in [0.29, 0.717) is 28.4 Å². The molecule has 0 aliphatic carbocycles. The van der Waals surface area contributed by atoms with Gasteiger partial charge in [-0.2, -0.15) is 0 Å². The van der Waals surface area contributed by atoms with Crippen molar-refractivity contribution in [3.8, 4) is 5.75 Å². The van der Waals surface area contributed by atoms with Crippen LogP contribution in [0.3, 0.4) is 0 Å². The maximum Gasteiger partial charge on any atom is 0.295 e. The first kappa shape index (κ1) is 20.0. The standard InChI is InChI=1S/C22H22ClNO4/c1-13(2)12-24-19(15-5-4-6-17(11-15)28-3)18(21(26)22(24)27)20(25)14-7-9-16(23)10-8-14/h4-11,13,19,25H,12H2,1-3H3/b20-18+. The number of ether oxygens (including phenoxy) is 1. The first-order chi connectivity index (χ1) is 13.3. The van der Waals surface area contributed by atoms with E-state index in [1.54, 1.807) is 49.6 Å². The third-order valence-corrected chi connectivity index (χ3v) is 4.88. The van der Waals surface area contributed by atoms with Crippen LogP contribution in [-0.4, -0.2) is 35.4 Å². The molecule has 146 valence electrons. The van der Waals surface area contributed by atoms with Crippen LogP contribution in [0.4, 0.5) is 0 Å². The molecule has 1 aliphatic rings. The summed E-state index contributed by atoms with van der Waals surface area (Å²) in [4.78, 5) is 27.1. The van der Waals surface area contributed by atoms with Crippen LogP contribution in [0.15, 0.2) is 54.1 Å². The molecule has 28 heavy (non-hydrogen) atoms. The number of halogens is 1. The van der Waals surface area contributed by atoms with E-state index < -0.39 is 17.7 Å². The van der Waals surface area contributed by atoms with Crippen molar-refractivity contribution in [2.75, 3.05) is 13.7 Å². The van der Waals surface area contributed by atoms with Gasteiger partial charge in [-0.1, -0.05) is 37.6 Å². The Bertz CT molecular complexity index is 934. The van der Waals surface area contributed by atoms with Gasteiger partial charge in [-0.05, 0) is 47.9 Å². The molecule has 1 aliphatic heterocycles. The molecule has 0 radical (unpaired) electrons. The molecule has 3 rings (SSSR count). The summed E-state index contributed by atoms with van der Waals surface area (Å²) in [6.07, 6.45) is 0. The molecule has 1 saturated heterocycles. The highest BCUT2D eigenvalue weighted by Crippen LogP contribution is 2.40. The summed E-state index contributed by atoms with van der Waals surface area (Å²) in [5, 5.41) is 11.4. The zero-order valence-electron chi connectivity index (χ0n) is 16.0. The van der Waals surface area contributed by atoms with Crippen molar-refractivity contribution >= 4 is 29.1 Å². The van der Waals surface area contributed by atoms with Gasteiger partial charge in [0.15, 0.2) is 0 Å². The van der Waals surface area contributed by atoms with Crippen LogP contribution in [0.5, 0.6) is 5.75 Å². The van der Waals surface area contributed by atoms with Gasteiger partial charge in [0.05, 0.1) is 18.7 Å². The Morgan fingerprint density at radius 1 is 1.18 bits per heavy atom. The van der Waals surface area contributed by atoms with E-state index in [1.165, 1.54) is 4.90 Å². The van der Waals surface area contributed by atoms with E-state index >= 15 is 0 Å². The smallest absolute Gasteiger partial charge is 0.295 e. The lowest BCUT2D eigenvalue weighted by molar-refractivity contribution is -0.140. The minimum Gasteiger partial charge on any atom is -0.507 e. The number of nitrogens with zero attached hydrogens (tertiary/aromatic N) is 1. The highest BCUT2D eigenvalue weighted by Gasteiger charge is 2.46. The first-order valence-corrected chi connectivity index (χ1v) is 9.39. The van der Waals surface area contributed by atoms with Crippen LogP contribution >= 0.6 is 11.6 Å². The topological polar surface area (TPSA) is 66.8 Å². The van der Waals surface area contributed by atoms with E-state index in [9.17, 15) is 14.7 Å². The number of methoxy groups -OCH3 is 1. The number of carbonyl (C=O) groups excluding carboxylic acids is 2. The van der Waals surface area contributed by atoms with Crippen LogP contribution < -0.4 is 4.74 Å². The SMILES string of the molecule is COc1cccc(C2/C(=C(\O)c3ccc(Cl)cc3)C(=O)C(=O)N2CC(C)C)c1. The van der Waals surface area contributed by atoms with Crippen LogP contribution in [0.1, 0.15) is 31.0 Å². The Morgan fingerprint density at radius 2 is 1.86 bits per heavy atom. The number of carbonyl (C=O) groups is 2. The molecule has 0 bridgehead atoms. The van der Waals surface area contributed by atoms with Gasteiger partial charge >= 0.3 is 0 Å². The molecule has 0 saturated carbocycles. The Balaban J connectivity index is 2.19. The predicted octanol–water partition coefficient (Wildman–Crippen LogP) is 4.43. The van der Waals surface area contributed by atoms with Crippen molar-refractivity contribution in [1.82, 2.24) is 4.90 Å². The number of likely N-dealkylation sites (tertiary alicyclic amines) is 1. The van der Waals surface area contributed by atoms with Crippen molar-refractivity contribution in [3.05, 3.63) is 70.3 Å². The van der Waals surface area contributed by atoms with E-state index in [-0.39, 0.29) is 17.3 Å². The molecule has 1 fully saturated rings. The number of benzene rings is 2. The molecule has 1 N–H and O–H groups in total. The zero-order chi connectivity index (χ0) is 20.4. The van der Waals surface area contributed by atoms with Gasteiger partial charge in [0.1, 0.15) is 11.5 Å². The fourth-order valence-electron chi connectivity index (χ4n) is 3.38. The van der Waals surface area contributed by atoms with Gasteiger partial charge in [-0.25, -0.2) is 0 Å². The molecule has 1 unspecified atom stereocenters. The largest absolute Gasteiger partial charge is 0.507 e. The van der Waals surface area contributed by atoms with Crippen LogP contribution in [-0.2, 0) is 9.59 Å². The molecule has 0 aromatic heterocycles. The number of aliphatic hydroxyl groups excluding tert-OH is 1. The predicted molar refractivity (Wildman–Crippen MR) is 108 cm³/mol. The van der Waals surface area contributed by atoms with E-state index in [2.05, 4.69) is 0 Å². The highest BCUT2D eigenvalue weighted by atomic mass is 35.5. The summed E-state index contributed by atoms with van der Waals surface area (Å²) < 4.78 is 5.30. The Labute approximate surface area is 169 Å². The zero-order valence-corrected chi connectivity index (χ0v) is 16.7. The highest BCUT2D eigenvalue weighted by molar-refractivity contribution is 6.46. The normalized spacial score (nSPS) is 18.8. The Hall–Kier alpha value is -2.79. The number of rotatable bonds is 5. The molecule has 1 heterocycles. The minimum atomic E-state index is -0.694. The summed E-state index contributed by atoms with van der Waals surface area (Å²) >= 11 is 5.93. The maximum absolute atomic E-state index is 12.9. The van der Waals surface area contributed by atoms with Gasteiger partial charge in [-0.3, -0.25) is 9.59 Å². The quantitative estimate of drug-likeness (QED) is 0.459. The van der Waals surface area contributed by atoms with Gasteiger partial charge in [0, 0.05) is 17.1 Å². The van der Waals surface area contributed by atoms with E-state index in [4.69, 9.17) is 16.3 Å². The monoisotopic (exact) mass is 399 g/mol. The molecule has 2 aromatic carbocycles. The summed E-state index contributed by atoms with van der Waals surface area (Å²) in [7, 11) is 1.55. The lowest BCUT2D eigenvalue weighted by Gasteiger charge is -2.27. The van der Waals surface area contributed by atoms with Crippen molar-refractivity contribution < 1.29 is 19.4 Å².